The SMILES string of the molecule is COC1=C(OC)C(=O)C23C(=C1)C[C@@H](C)[C@]2(C)Cc1c(O)c2c(c(OC)c13)OCO2. The average molecular weight is 400 g/mol. The first-order valence-electron chi connectivity index (χ1n) is 9.66. The lowest BCUT2D eigenvalue weighted by molar-refractivity contribution is -0.126. The first-order valence-corrected chi connectivity index (χ1v) is 9.66. The Morgan fingerprint density at radius 1 is 1.14 bits per heavy atom. The highest BCUT2D eigenvalue weighted by Crippen LogP contribution is 2.73. The minimum absolute atomic E-state index is 0.00347. The maximum absolute atomic E-state index is 14.1. The standard InChI is InChI=1S/C22H24O7/c1-10-6-11-7-13(25-3)16(26-4)20(24)22(11)14-12(8-21(10,22)2)15(23)18-19(17(14)27-5)29-9-28-18/h7,10,23H,6,8-9H2,1-5H3/t10-,21+,22?/m1/s1. The molecule has 1 aromatic rings. The maximum Gasteiger partial charge on any atom is 0.231 e. The highest BCUT2D eigenvalue weighted by molar-refractivity contribution is 6.10. The summed E-state index contributed by atoms with van der Waals surface area (Å²) in [4.78, 5) is 14.1. The van der Waals surface area contributed by atoms with Gasteiger partial charge in [-0.2, -0.15) is 0 Å². The fourth-order valence-electron chi connectivity index (χ4n) is 5.99. The molecular weight excluding hydrogens is 376 g/mol. The minimum atomic E-state index is -1.01. The van der Waals surface area contributed by atoms with Crippen LogP contribution in [-0.4, -0.2) is 39.0 Å². The second-order valence-corrected chi connectivity index (χ2v) is 8.35. The fourth-order valence-corrected chi connectivity index (χ4v) is 5.99. The molecule has 5 rings (SSSR count). The largest absolute Gasteiger partial charge is 0.504 e. The highest BCUT2D eigenvalue weighted by atomic mass is 16.7. The summed E-state index contributed by atoms with van der Waals surface area (Å²) >= 11 is 0. The van der Waals surface area contributed by atoms with Gasteiger partial charge >= 0.3 is 0 Å². The molecule has 4 aliphatic rings. The minimum Gasteiger partial charge on any atom is -0.504 e. The Morgan fingerprint density at radius 3 is 2.52 bits per heavy atom. The first-order chi connectivity index (χ1) is 13.9. The van der Waals surface area contributed by atoms with Crippen LogP contribution in [0.3, 0.4) is 0 Å². The fraction of sp³-hybridized carbons (Fsp3) is 0.500. The summed E-state index contributed by atoms with van der Waals surface area (Å²) in [5.74, 6) is 1.71. The molecule has 1 spiro atoms. The van der Waals surface area contributed by atoms with Crippen molar-refractivity contribution in [2.45, 2.75) is 32.1 Å². The summed E-state index contributed by atoms with van der Waals surface area (Å²) in [6.07, 6.45) is 3.17. The number of allylic oxidation sites excluding steroid dienone is 3. The van der Waals surface area contributed by atoms with Gasteiger partial charge in [-0.3, -0.25) is 4.79 Å². The number of phenolic OH excluding ortho intramolecular Hbond substituents is 1. The van der Waals surface area contributed by atoms with E-state index in [1.54, 1.807) is 7.11 Å². The molecule has 0 radical (unpaired) electrons. The predicted molar refractivity (Wildman–Crippen MR) is 102 cm³/mol. The van der Waals surface area contributed by atoms with Gasteiger partial charge in [-0.25, -0.2) is 0 Å². The third-order valence-corrected chi connectivity index (χ3v) is 7.42. The molecule has 1 N–H and O–H groups in total. The van der Waals surface area contributed by atoms with Gasteiger partial charge in [0.2, 0.25) is 29.8 Å². The Kier molecular flexibility index (Phi) is 3.53. The third-order valence-electron chi connectivity index (χ3n) is 7.42. The van der Waals surface area contributed by atoms with Gasteiger partial charge in [-0.1, -0.05) is 13.8 Å². The molecule has 1 fully saturated rings. The van der Waals surface area contributed by atoms with Crippen molar-refractivity contribution >= 4 is 5.78 Å². The van der Waals surface area contributed by atoms with Gasteiger partial charge in [0, 0.05) is 11.1 Å². The number of Topliss-reactive ketones (excluding diaryl/α,β-unsaturated/α-hetero) is 1. The van der Waals surface area contributed by atoms with Crippen molar-refractivity contribution in [2.75, 3.05) is 28.1 Å². The van der Waals surface area contributed by atoms with E-state index in [1.807, 2.05) is 6.08 Å². The normalized spacial score (nSPS) is 31.3. The molecule has 7 nitrogen and oxygen atoms in total. The Balaban J connectivity index is 1.91. The van der Waals surface area contributed by atoms with Crippen LogP contribution in [0.1, 0.15) is 31.4 Å². The average Bonchev–Trinajstić information content (AvgIpc) is 3.34. The molecule has 3 aliphatic carbocycles. The van der Waals surface area contributed by atoms with Gasteiger partial charge in [0.05, 0.1) is 26.7 Å². The van der Waals surface area contributed by atoms with Crippen molar-refractivity contribution in [1.29, 1.82) is 0 Å². The number of methoxy groups -OCH3 is 3. The number of phenols is 1. The van der Waals surface area contributed by atoms with E-state index in [0.29, 0.717) is 34.8 Å². The van der Waals surface area contributed by atoms with Gasteiger partial charge in [0.1, 0.15) is 0 Å². The van der Waals surface area contributed by atoms with Crippen LogP contribution in [0.2, 0.25) is 0 Å². The molecule has 7 heteroatoms. The van der Waals surface area contributed by atoms with Crippen molar-refractivity contribution in [2.24, 2.45) is 11.3 Å². The number of ketones is 1. The predicted octanol–water partition coefficient (Wildman–Crippen LogP) is 2.98. The number of fused-ring (bicyclic) bond motifs is 2. The van der Waals surface area contributed by atoms with Gasteiger partial charge < -0.3 is 28.8 Å². The number of carbonyl (C=O) groups excluding carboxylic acids is 1. The van der Waals surface area contributed by atoms with Crippen LogP contribution in [0, 0.1) is 11.3 Å². The summed E-state index contributed by atoms with van der Waals surface area (Å²) in [6.45, 7) is 4.24. The molecule has 0 saturated heterocycles. The first kappa shape index (κ1) is 18.2. The Bertz CT molecular complexity index is 1020. The van der Waals surface area contributed by atoms with Crippen molar-refractivity contribution < 1.29 is 33.6 Å². The van der Waals surface area contributed by atoms with E-state index in [-0.39, 0.29) is 35.8 Å². The summed E-state index contributed by atoms with van der Waals surface area (Å²) in [5, 5.41) is 11.0. The number of hydrogen-bond acceptors (Lipinski definition) is 7. The summed E-state index contributed by atoms with van der Waals surface area (Å²) in [7, 11) is 4.55. The molecule has 1 saturated carbocycles. The number of ether oxygens (including phenoxy) is 5. The lowest BCUT2D eigenvalue weighted by atomic mass is 9.59. The Labute approximate surface area is 168 Å². The van der Waals surface area contributed by atoms with Crippen molar-refractivity contribution in [3.8, 4) is 23.0 Å². The van der Waals surface area contributed by atoms with Crippen LogP contribution in [0.15, 0.2) is 23.2 Å². The third kappa shape index (κ3) is 1.78. The molecule has 154 valence electrons. The smallest absolute Gasteiger partial charge is 0.231 e. The van der Waals surface area contributed by atoms with E-state index in [0.717, 1.165) is 12.0 Å². The van der Waals surface area contributed by atoms with Crippen LogP contribution in [0.5, 0.6) is 23.0 Å². The zero-order valence-electron chi connectivity index (χ0n) is 17.2. The summed E-state index contributed by atoms with van der Waals surface area (Å²) in [6, 6.07) is 0. The zero-order valence-corrected chi connectivity index (χ0v) is 17.2. The number of hydrogen-bond donors (Lipinski definition) is 1. The summed E-state index contributed by atoms with van der Waals surface area (Å²) < 4.78 is 27.9. The molecule has 1 heterocycles. The Morgan fingerprint density at radius 2 is 1.86 bits per heavy atom. The number of carbonyl (C=O) groups is 1. The molecule has 0 bridgehead atoms. The quantitative estimate of drug-likeness (QED) is 0.835. The van der Waals surface area contributed by atoms with Crippen LogP contribution >= 0.6 is 0 Å². The monoisotopic (exact) mass is 400 g/mol. The molecule has 1 unspecified atom stereocenters. The van der Waals surface area contributed by atoms with Crippen LogP contribution in [0.4, 0.5) is 0 Å². The van der Waals surface area contributed by atoms with Crippen molar-refractivity contribution in [1.82, 2.24) is 0 Å². The second kappa shape index (κ2) is 5.62. The van der Waals surface area contributed by atoms with Gasteiger partial charge in [-0.15, -0.1) is 0 Å². The van der Waals surface area contributed by atoms with Gasteiger partial charge in [0.15, 0.2) is 17.3 Å². The molecule has 3 atom stereocenters. The van der Waals surface area contributed by atoms with Crippen LogP contribution < -0.4 is 14.2 Å². The molecule has 1 aromatic carbocycles. The highest BCUT2D eigenvalue weighted by Gasteiger charge is 2.71. The topological polar surface area (TPSA) is 83.5 Å². The zero-order chi connectivity index (χ0) is 20.7. The summed E-state index contributed by atoms with van der Waals surface area (Å²) in [5.41, 5.74) is 0.802. The van der Waals surface area contributed by atoms with E-state index in [4.69, 9.17) is 23.7 Å². The lowest BCUT2D eigenvalue weighted by Gasteiger charge is -2.42. The second-order valence-electron chi connectivity index (χ2n) is 8.35. The lowest BCUT2D eigenvalue weighted by Crippen LogP contribution is -2.49. The molecule has 1 aliphatic heterocycles. The number of rotatable bonds is 3. The van der Waals surface area contributed by atoms with Gasteiger partial charge in [0.25, 0.3) is 0 Å². The van der Waals surface area contributed by atoms with Gasteiger partial charge in [-0.05, 0) is 35.8 Å². The van der Waals surface area contributed by atoms with E-state index in [2.05, 4.69) is 13.8 Å². The van der Waals surface area contributed by atoms with Crippen LogP contribution in [0.25, 0.3) is 0 Å². The van der Waals surface area contributed by atoms with E-state index in [1.165, 1.54) is 14.2 Å². The molecule has 29 heavy (non-hydrogen) atoms. The molecule has 0 aromatic heterocycles. The van der Waals surface area contributed by atoms with Crippen molar-refractivity contribution in [3.05, 3.63) is 34.3 Å². The van der Waals surface area contributed by atoms with E-state index < -0.39 is 10.8 Å². The van der Waals surface area contributed by atoms with Crippen LogP contribution in [-0.2, 0) is 26.1 Å². The Hall–Kier alpha value is -2.83. The maximum atomic E-state index is 14.1. The van der Waals surface area contributed by atoms with E-state index >= 15 is 0 Å². The van der Waals surface area contributed by atoms with E-state index in [9.17, 15) is 9.90 Å². The number of benzene rings is 1. The molecule has 0 amide bonds. The van der Waals surface area contributed by atoms with Crippen molar-refractivity contribution in [3.63, 3.8) is 0 Å². The molecular formula is C22H24O7. The number of aromatic hydroxyl groups is 1.